The van der Waals surface area contributed by atoms with Crippen molar-refractivity contribution in [2.45, 2.75) is 5.41 Å². The summed E-state index contributed by atoms with van der Waals surface area (Å²) in [6.45, 7) is 0. The average molecular weight is 651 g/mol. The Morgan fingerprint density at radius 3 is 1.61 bits per heavy atom. The van der Waals surface area contributed by atoms with Gasteiger partial charge in [-0.15, -0.1) is 0 Å². The zero-order valence-electron chi connectivity index (χ0n) is 28.0. The molecule has 51 heavy (non-hydrogen) atoms. The van der Waals surface area contributed by atoms with Gasteiger partial charge in [-0.05, 0) is 88.0 Å². The minimum atomic E-state index is -0.430. The van der Waals surface area contributed by atoms with E-state index in [1.54, 1.807) is 0 Å². The van der Waals surface area contributed by atoms with Gasteiger partial charge in [0, 0.05) is 33.5 Å². The predicted molar refractivity (Wildman–Crippen MR) is 213 cm³/mol. The molecule has 0 aliphatic heterocycles. The molecule has 9 aromatic rings. The summed E-state index contributed by atoms with van der Waals surface area (Å²) in [5.74, 6) is 0. The van der Waals surface area contributed by atoms with E-state index in [1.165, 1.54) is 55.2 Å². The molecule has 0 saturated heterocycles. The molecule has 2 nitrogen and oxygen atoms in total. The molecule has 0 radical (unpaired) electrons. The Morgan fingerprint density at radius 1 is 0.353 bits per heavy atom. The summed E-state index contributed by atoms with van der Waals surface area (Å²) in [5, 5.41) is 2.49. The van der Waals surface area contributed by atoms with Gasteiger partial charge >= 0.3 is 0 Å². The molecule has 0 bridgehead atoms. The second-order valence-corrected chi connectivity index (χ2v) is 13.3. The summed E-state index contributed by atoms with van der Waals surface area (Å²) in [6.07, 6.45) is 0. The number of para-hydroxylation sites is 3. The molecule has 1 aromatic heterocycles. The number of hydrogen-bond donors (Lipinski definition) is 0. The Kier molecular flexibility index (Phi) is 6.75. The van der Waals surface area contributed by atoms with Gasteiger partial charge in [0.05, 0.1) is 16.4 Å². The molecule has 2 heteroatoms. The van der Waals surface area contributed by atoms with E-state index in [0.717, 1.165) is 22.7 Å². The molecule has 0 unspecified atom stereocenters. The number of anilines is 3. The van der Waals surface area contributed by atoms with Gasteiger partial charge < -0.3 is 9.47 Å². The Bertz CT molecular complexity index is 2640. The number of rotatable bonds is 6. The maximum absolute atomic E-state index is 2.41. The second kappa shape index (κ2) is 11.8. The first-order valence-electron chi connectivity index (χ1n) is 17.6. The third-order valence-corrected chi connectivity index (χ3v) is 10.6. The Hall–Kier alpha value is -6.64. The van der Waals surface area contributed by atoms with E-state index in [4.69, 9.17) is 0 Å². The topological polar surface area (TPSA) is 8.17 Å². The highest BCUT2D eigenvalue weighted by atomic mass is 15.1. The van der Waals surface area contributed by atoms with E-state index < -0.39 is 5.41 Å². The smallest absolute Gasteiger partial charge is 0.0713 e. The van der Waals surface area contributed by atoms with Gasteiger partial charge in [-0.2, -0.15) is 0 Å². The largest absolute Gasteiger partial charge is 0.310 e. The molecule has 0 N–H and O–H groups in total. The molecular formula is C49H34N2. The fourth-order valence-electron chi connectivity index (χ4n) is 8.55. The van der Waals surface area contributed by atoms with Crippen molar-refractivity contribution in [3.05, 3.63) is 229 Å². The fraction of sp³-hybridized carbons (Fsp3) is 0.0204. The van der Waals surface area contributed by atoms with E-state index in [-0.39, 0.29) is 0 Å². The third-order valence-electron chi connectivity index (χ3n) is 10.6. The highest BCUT2D eigenvalue weighted by Gasteiger charge is 2.46. The van der Waals surface area contributed by atoms with E-state index in [1.807, 2.05) is 0 Å². The van der Waals surface area contributed by atoms with E-state index >= 15 is 0 Å². The Morgan fingerprint density at radius 2 is 0.882 bits per heavy atom. The summed E-state index contributed by atoms with van der Waals surface area (Å²) in [4.78, 5) is 2.40. The van der Waals surface area contributed by atoms with E-state index in [9.17, 15) is 0 Å². The summed E-state index contributed by atoms with van der Waals surface area (Å²) < 4.78 is 2.39. The highest BCUT2D eigenvalue weighted by molar-refractivity contribution is 6.10. The lowest BCUT2D eigenvalue weighted by Crippen LogP contribution is -2.28. The first kappa shape index (κ1) is 29.3. The quantitative estimate of drug-likeness (QED) is 0.174. The number of aromatic nitrogens is 1. The Labute approximate surface area is 298 Å². The van der Waals surface area contributed by atoms with Crippen LogP contribution in [-0.2, 0) is 5.41 Å². The minimum Gasteiger partial charge on any atom is -0.310 e. The van der Waals surface area contributed by atoms with Crippen LogP contribution in [0.3, 0.4) is 0 Å². The lowest BCUT2D eigenvalue weighted by Gasteiger charge is -2.34. The van der Waals surface area contributed by atoms with Crippen LogP contribution in [0.25, 0.3) is 38.6 Å². The van der Waals surface area contributed by atoms with Crippen molar-refractivity contribution in [1.82, 2.24) is 4.57 Å². The molecule has 0 saturated carbocycles. The molecule has 0 fully saturated rings. The summed E-state index contributed by atoms with van der Waals surface area (Å²) in [5.41, 5.74) is 14.1. The maximum Gasteiger partial charge on any atom is 0.0713 e. The van der Waals surface area contributed by atoms with E-state index in [0.29, 0.717) is 0 Å². The lowest BCUT2D eigenvalue weighted by molar-refractivity contribution is 0.768. The molecule has 1 aliphatic rings. The first-order chi connectivity index (χ1) is 25.3. The standard InChI is InChI=1S/C49H34N2/c1-5-17-35(18-6-1)49(36-19-7-2-8-20-36)45-27-15-13-25-41(45)44-33-39(30-32-46(44)49)50(37-21-9-3-10-22-37)40-29-31-43-42-26-14-16-28-47(42)51(48(43)34-40)38-23-11-4-12-24-38/h1-34H. The zero-order chi connectivity index (χ0) is 33.8. The molecule has 0 atom stereocenters. The molecule has 10 rings (SSSR count). The van der Waals surface area contributed by atoms with Gasteiger partial charge in [0.1, 0.15) is 0 Å². The van der Waals surface area contributed by atoms with Gasteiger partial charge in [0.15, 0.2) is 0 Å². The molecule has 8 aromatic carbocycles. The fourth-order valence-corrected chi connectivity index (χ4v) is 8.55. The van der Waals surface area contributed by atoms with Crippen LogP contribution >= 0.6 is 0 Å². The van der Waals surface area contributed by atoms with E-state index in [2.05, 4.69) is 216 Å². The van der Waals surface area contributed by atoms with Gasteiger partial charge in [-0.1, -0.05) is 152 Å². The molecule has 0 amide bonds. The molecule has 1 heterocycles. The summed E-state index contributed by atoms with van der Waals surface area (Å²) >= 11 is 0. The zero-order valence-corrected chi connectivity index (χ0v) is 28.0. The Balaban J connectivity index is 1.22. The number of nitrogens with zero attached hydrogens (tertiary/aromatic N) is 2. The van der Waals surface area contributed by atoms with Gasteiger partial charge in [0.25, 0.3) is 0 Å². The van der Waals surface area contributed by atoms with Crippen molar-refractivity contribution in [1.29, 1.82) is 0 Å². The van der Waals surface area contributed by atoms with Crippen LogP contribution in [0.5, 0.6) is 0 Å². The van der Waals surface area contributed by atoms with Crippen molar-refractivity contribution in [3.63, 3.8) is 0 Å². The van der Waals surface area contributed by atoms with Crippen LogP contribution in [0.15, 0.2) is 206 Å². The lowest BCUT2D eigenvalue weighted by atomic mass is 9.68. The van der Waals surface area contributed by atoms with Crippen molar-refractivity contribution in [3.8, 4) is 16.8 Å². The van der Waals surface area contributed by atoms with Gasteiger partial charge in [-0.25, -0.2) is 0 Å². The van der Waals surface area contributed by atoms with Crippen LogP contribution in [0.2, 0.25) is 0 Å². The second-order valence-electron chi connectivity index (χ2n) is 13.3. The van der Waals surface area contributed by atoms with Crippen LogP contribution in [-0.4, -0.2) is 4.57 Å². The third kappa shape index (κ3) is 4.43. The summed E-state index contributed by atoms with van der Waals surface area (Å²) in [7, 11) is 0. The minimum absolute atomic E-state index is 0.430. The first-order valence-corrected chi connectivity index (χ1v) is 17.6. The van der Waals surface area contributed by atoms with Crippen molar-refractivity contribution in [2.24, 2.45) is 0 Å². The normalized spacial score (nSPS) is 12.9. The maximum atomic E-state index is 2.41. The van der Waals surface area contributed by atoms with Crippen LogP contribution in [0, 0.1) is 0 Å². The monoisotopic (exact) mass is 650 g/mol. The van der Waals surface area contributed by atoms with Crippen LogP contribution < -0.4 is 4.90 Å². The SMILES string of the molecule is c1ccc(N(c2ccc3c(c2)-c2ccccc2C3(c2ccccc2)c2ccccc2)c2ccc3c4ccccc4n(-c4ccccc4)c3c2)cc1. The summed E-state index contributed by atoms with van der Waals surface area (Å²) in [6, 6.07) is 75.2. The van der Waals surface area contributed by atoms with Crippen LogP contribution in [0.1, 0.15) is 22.3 Å². The number of fused-ring (bicyclic) bond motifs is 6. The number of benzene rings is 8. The number of hydrogen-bond acceptors (Lipinski definition) is 1. The molecule has 1 aliphatic carbocycles. The molecular weight excluding hydrogens is 617 g/mol. The average Bonchev–Trinajstić information content (AvgIpc) is 3.70. The van der Waals surface area contributed by atoms with Gasteiger partial charge in [0.2, 0.25) is 0 Å². The molecule has 240 valence electrons. The van der Waals surface area contributed by atoms with Gasteiger partial charge in [-0.3, -0.25) is 0 Å². The predicted octanol–water partition coefficient (Wildman–Crippen LogP) is 12.6. The molecule has 0 spiro atoms. The van der Waals surface area contributed by atoms with Crippen molar-refractivity contribution >= 4 is 38.9 Å². The van der Waals surface area contributed by atoms with Crippen molar-refractivity contribution in [2.75, 3.05) is 4.90 Å². The van der Waals surface area contributed by atoms with Crippen molar-refractivity contribution < 1.29 is 0 Å². The van der Waals surface area contributed by atoms with Crippen LogP contribution in [0.4, 0.5) is 17.1 Å². The highest BCUT2D eigenvalue weighted by Crippen LogP contribution is 2.57.